The van der Waals surface area contributed by atoms with E-state index in [9.17, 15) is 17.6 Å². The number of methoxy groups -OCH3 is 1. The van der Waals surface area contributed by atoms with Crippen LogP contribution in [0.5, 0.6) is 5.75 Å². The Labute approximate surface area is 163 Å². The maximum absolute atomic E-state index is 13.3. The van der Waals surface area contributed by atoms with Crippen molar-refractivity contribution in [2.45, 2.75) is 11.4 Å². The topological polar surface area (TPSA) is 79.0 Å². The van der Waals surface area contributed by atoms with Crippen LogP contribution in [-0.4, -0.2) is 56.9 Å². The van der Waals surface area contributed by atoms with Crippen molar-refractivity contribution in [3.8, 4) is 5.75 Å². The number of ether oxygens (including phenoxy) is 1. The summed E-state index contributed by atoms with van der Waals surface area (Å²) in [6.07, 6.45) is 0. The molecule has 0 saturated carbocycles. The number of sulfonamides is 1. The van der Waals surface area contributed by atoms with Crippen LogP contribution >= 0.6 is 0 Å². The first-order valence-electron chi connectivity index (χ1n) is 8.81. The Kier molecular flexibility index (Phi) is 6.15. The quantitative estimate of drug-likeness (QED) is 0.823. The smallest absolute Gasteiger partial charge is 0.317 e. The van der Waals surface area contributed by atoms with E-state index >= 15 is 0 Å². The molecule has 2 aromatic rings. The fourth-order valence-corrected chi connectivity index (χ4v) is 4.40. The monoisotopic (exact) mass is 407 g/mol. The highest BCUT2D eigenvalue weighted by Crippen LogP contribution is 2.18. The lowest BCUT2D eigenvalue weighted by atomic mass is 10.2. The minimum absolute atomic E-state index is 0.0788. The van der Waals surface area contributed by atoms with E-state index in [-0.39, 0.29) is 37.1 Å². The molecule has 9 heteroatoms. The van der Waals surface area contributed by atoms with Crippen molar-refractivity contribution in [3.63, 3.8) is 0 Å². The number of amides is 2. The van der Waals surface area contributed by atoms with Crippen molar-refractivity contribution in [2.75, 3.05) is 33.3 Å². The lowest BCUT2D eigenvalue weighted by Gasteiger charge is -2.34. The van der Waals surface area contributed by atoms with Gasteiger partial charge in [0.1, 0.15) is 11.6 Å². The summed E-state index contributed by atoms with van der Waals surface area (Å²) in [6.45, 7) is 1.22. The molecule has 1 saturated heterocycles. The van der Waals surface area contributed by atoms with Crippen LogP contribution in [0.15, 0.2) is 53.4 Å². The maximum Gasteiger partial charge on any atom is 0.317 e. The van der Waals surface area contributed by atoms with Crippen molar-refractivity contribution < 1.29 is 22.3 Å². The zero-order valence-corrected chi connectivity index (χ0v) is 16.3. The molecule has 1 heterocycles. The first-order valence-corrected chi connectivity index (χ1v) is 10.3. The fourth-order valence-electron chi connectivity index (χ4n) is 2.94. The Hall–Kier alpha value is -2.65. The molecule has 3 rings (SSSR count). The molecular formula is C19H22FN3O4S. The van der Waals surface area contributed by atoms with Gasteiger partial charge in [0.25, 0.3) is 0 Å². The van der Waals surface area contributed by atoms with Gasteiger partial charge in [-0.1, -0.05) is 18.2 Å². The predicted octanol–water partition coefficient (Wildman–Crippen LogP) is 2.05. The van der Waals surface area contributed by atoms with Crippen LogP contribution in [0.1, 0.15) is 5.56 Å². The standard InChI is InChI=1S/C19H22FN3O4S/c1-27-17-7-5-15(6-8-17)14-21-19(24)22-9-11-23(12-10-22)28(25,26)18-4-2-3-16(20)13-18/h2-8,13H,9-12,14H2,1H3,(H,21,24). The molecule has 0 aliphatic carbocycles. The number of nitrogens with zero attached hydrogens (tertiary/aromatic N) is 2. The van der Waals surface area contributed by atoms with E-state index in [1.165, 1.54) is 22.5 Å². The molecule has 2 amide bonds. The second kappa shape index (κ2) is 8.57. The third kappa shape index (κ3) is 4.60. The van der Waals surface area contributed by atoms with Gasteiger partial charge in [0.2, 0.25) is 10.0 Å². The summed E-state index contributed by atoms with van der Waals surface area (Å²) in [5, 5.41) is 2.83. The highest BCUT2D eigenvalue weighted by atomic mass is 32.2. The molecule has 1 fully saturated rings. The molecule has 7 nitrogen and oxygen atoms in total. The average Bonchev–Trinajstić information content (AvgIpc) is 2.72. The first-order chi connectivity index (χ1) is 13.4. The number of carbonyl (C=O) groups excluding carboxylic acids is 1. The Bertz CT molecular complexity index is 926. The largest absolute Gasteiger partial charge is 0.497 e. The van der Waals surface area contributed by atoms with Crippen molar-refractivity contribution >= 4 is 16.1 Å². The Morgan fingerprint density at radius 2 is 1.79 bits per heavy atom. The summed E-state index contributed by atoms with van der Waals surface area (Å²) in [5.41, 5.74) is 0.932. The molecule has 0 bridgehead atoms. The molecule has 0 atom stereocenters. The molecule has 150 valence electrons. The van der Waals surface area contributed by atoms with Crippen molar-refractivity contribution in [1.82, 2.24) is 14.5 Å². The van der Waals surface area contributed by atoms with E-state index in [1.807, 2.05) is 24.3 Å². The number of nitrogens with one attached hydrogen (secondary N) is 1. The van der Waals surface area contributed by atoms with E-state index in [0.717, 1.165) is 17.4 Å². The van der Waals surface area contributed by atoms with Gasteiger partial charge < -0.3 is 15.0 Å². The van der Waals surface area contributed by atoms with Crippen LogP contribution in [0, 0.1) is 5.82 Å². The molecular weight excluding hydrogens is 385 g/mol. The number of benzene rings is 2. The summed E-state index contributed by atoms with van der Waals surface area (Å²) in [4.78, 5) is 13.8. The second-order valence-electron chi connectivity index (χ2n) is 6.36. The average molecular weight is 407 g/mol. The van der Waals surface area contributed by atoms with Crippen LogP contribution in [0.2, 0.25) is 0 Å². The minimum atomic E-state index is -3.77. The van der Waals surface area contributed by atoms with Crippen LogP contribution in [-0.2, 0) is 16.6 Å². The van der Waals surface area contributed by atoms with E-state index in [0.29, 0.717) is 6.54 Å². The Morgan fingerprint density at radius 1 is 1.11 bits per heavy atom. The number of hydrogen-bond acceptors (Lipinski definition) is 4. The zero-order valence-electron chi connectivity index (χ0n) is 15.5. The lowest BCUT2D eigenvalue weighted by molar-refractivity contribution is 0.172. The van der Waals surface area contributed by atoms with Gasteiger partial charge in [-0.2, -0.15) is 4.31 Å². The number of piperazine rings is 1. The molecule has 2 aromatic carbocycles. The Morgan fingerprint density at radius 3 is 2.39 bits per heavy atom. The van der Waals surface area contributed by atoms with E-state index in [1.54, 1.807) is 12.0 Å². The summed E-state index contributed by atoms with van der Waals surface area (Å²) in [5.74, 6) is 0.142. The number of hydrogen-bond donors (Lipinski definition) is 1. The first kappa shape index (κ1) is 20.1. The molecule has 0 spiro atoms. The number of rotatable bonds is 5. The molecule has 0 aromatic heterocycles. The molecule has 1 N–H and O–H groups in total. The maximum atomic E-state index is 13.3. The van der Waals surface area contributed by atoms with Gasteiger partial charge in [-0.15, -0.1) is 0 Å². The van der Waals surface area contributed by atoms with Crippen molar-refractivity contribution in [2.24, 2.45) is 0 Å². The van der Waals surface area contributed by atoms with Crippen molar-refractivity contribution in [1.29, 1.82) is 0 Å². The Balaban J connectivity index is 1.53. The van der Waals surface area contributed by atoms with Crippen LogP contribution < -0.4 is 10.1 Å². The zero-order chi connectivity index (χ0) is 20.1. The SMILES string of the molecule is COc1ccc(CNC(=O)N2CCN(S(=O)(=O)c3cccc(F)c3)CC2)cc1. The summed E-state index contributed by atoms with van der Waals surface area (Å²) in [7, 11) is -2.18. The third-order valence-corrected chi connectivity index (χ3v) is 6.46. The summed E-state index contributed by atoms with van der Waals surface area (Å²) in [6, 6.07) is 12.0. The molecule has 1 aliphatic heterocycles. The van der Waals surface area contributed by atoms with Gasteiger partial charge in [0.15, 0.2) is 0 Å². The van der Waals surface area contributed by atoms with Gasteiger partial charge in [0, 0.05) is 32.7 Å². The third-order valence-electron chi connectivity index (χ3n) is 4.56. The summed E-state index contributed by atoms with van der Waals surface area (Å²) < 4.78 is 44.9. The number of carbonyl (C=O) groups is 1. The highest BCUT2D eigenvalue weighted by molar-refractivity contribution is 7.89. The molecule has 0 radical (unpaired) electrons. The van der Waals surface area contributed by atoms with Crippen LogP contribution in [0.3, 0.4) is 0 Å². The van der Waals surface area contributed by atoms with Gasteiger partial charge in [-0.3, -0.25) is 0 Å². The van der Waals surface area contributed by atoms with Gasteiger partial charge in [-0.25, -0.2) is 17.6 Å². The fraction of sp³-hybridized carbons (Fsp3) is 0.316. The summed E-state index contributed by atoms with van der Waals surface area (Å²) >= 11 is 0. The molecule has 0 unspecified atom stereocenters. The predicted molar refractivity (Wildman–Crippen MR) is 102 cm³/mol. The van der Waals surface area contributed by atoms with Gasteiger partial charge in [0.05, 0.1) is 12.0 Å². The molecule has 1 aliphatic rings. The van der Waals surface area contributed by atoms with E-state index in [2.05, 4.69) is 5.32 Å². The van der Waals surface area contributed by atoms with E-state index < -0.39 is 15.8 Å². The minimum Gasteiger partial charge on any atom is -0.497 e. The number of halogens is 1. The second-order valence-corrected chi connectivity index (χ2v) is 8.29. The van der Waals surface area contributed by atoms with E-state index in [4.69, 9.17) is 4.74 Å². The normalized spacial score (nSPS) is 15.3. The van der Waals surface area contributed by atoms with Gasteiger partial charge >= 0.3 is 6.03 Å². The lowest BCUT2D eigenvalue weighted by Crippen LogP contribution is -2.52. The number of urea groups is 1. The van der Waals surface area contributed by atoms with Crippen molar-refractivity contribution in [3.05, 3.63) is 59.9 Å². The molecule has 28 heavy (non-hydrogen) atoms. The highest BCUT2D eigenvalue weighted by Gasteiger charge is 2.30. The van der Waals surface area contributed by atoms with Crippen LogP contribution in [0.4, 0.5) is 9.18 Å². The van der Waals surface area contributed by atoms with Crippen LogP contribution in [0.25, 0.3) is 0 Å². The van der Waals surface area contributed by atoms with Gasteiger partial charge in [-0.05, 0) is 35.9 Å².